The van der Waals surface area contributed by atoms with E-state index in [1.807, 2.05) is 19.1 Å². The molecule has 1 aromatic heterocycles. The molecule has 6 nitrogen and oxygen atoms in total. The fourth-order valence-corrected chi connectivity index (χ4v) is 2.97. The van der Waals surface area contributed by atoms with E-state index in [0.717, 1.165) is 11.3 Å². The third-order valence-corrected chi connectivity index (χ3v) is 4.32. The van der Waals surface area contributed by atoms with Crippen LogP contribution in [0.15, 0.2) is 18.2 Å². The van der Waals surface area contributed by atoms with Gasteiger partial charge in [-0.3, -0.25) is 4.79 Å². The van der Waals surface area contributed by atoms with Gasteiger partial charge in [0.05, 0.1) is 35.0 Å². The minimum absolute atomic E-state index is 0.0617. The Balaban J connectivity index is 2.35. The Morgan fingerprint density at radius 3 is 2.44 bits per heavy atom. The summed E-state index contributed by atoms with van der Waals surface area (Å²) in [4.78, 5) is 13.6. The minimum Gasteiger partial charge on any atom is -0.316 e. The standard InChI is InChI=1S/C17H15Cl2N5O/c1-11-14(10-17(25)23(7-5-20)8-6-21)12(2)24(22-11)16-4-3-13(18)9-15(16)19/h3-4,9H,7-8,10H2,1-2H3. The van der Waals surface area contributed by atoms with Crippen LogP contribution in [0.3, 0.4) is 0 Å². The number of benzene rings is 1. The van der Waals surface area contributed by atoms with Gasteiger partial charge in [-0.25, -0.2) is 4.68 Å². The predicted octanol–water partition coefficient (Wildman–Crippen LogP) is 3.21. The number of halogens is 2. The number of nitrogens with zero attached hydrogens (tertiary/aromatic N) is 5. The molecule has 8 heteroatoms. The summed E-state index contributed by atoms with van der Waals surface area (Å²) < 4.78 is 1.66. The topological polar surface area (TPSA) is 85.7 Å². The SMILES string of the molecule is Cc1nn(-c2ccc(Cl)cc2Cl)c(C)c1CC(=O)N(CC#N)CC#N. The smallest absolute Gasteiger partial charge is 0.228 e. The number of hydrogen-bond donors (Lipinski definition) is 0. The molecular weight excluding hydrogens is 361 g/mol. The Bertz CT molecular complexity index is 876. The van der Waals surface area contributed by atoms with Crippen molar-refractivity contribution in [3.63, 3.8) is 0 Å². The largest absolute Gasteiger partial charge is 0.316 e. The van der Waals surface area contributed by atoms with Crippen molar-refractivity contribution in [2.45, 2.75) is 20.3 Å². The van der Waals surface area contributed by atoms with E-state index in [1.165, 1.54) is 4.90 Å². The number of nitriles is 2. The molecule has 2 rings (SSSR count). The van der Waals surface area contributed by atoms with Crippen LogP contribution in [0.25, 0.3) is 5.69 Å². The van der Waals surface area contributed by atoms with Gasteiger partial charge in [-0.1, -0.05) is 23.2 Å². The highest BCUT2D eigenvalue weighted by atomic mass is 35.5. The van der Waals surface area contributed by atoms with E-state index in [4.69, 9.17) is 33.7 Å². The number of hydrogen-bond acceptors (Lipinski definition) is 4. The Morgan fingerprint density at radius 2 is 1.88 bits per heavy atom. The van der Waals surface area contributed by atoms with Crippen molar-refractivity contribution >= 4 is 29.1 Å². The van der Waals surface area contributed by atoms with Crippen molar-refractivity contribution in [3.8, 4) is 17.8 Å². The number of aryl methyl sites for hydroxylation is 1. The van der Waals surface area contributed by atoms with Crippen molar-refractivity contribution in [1.82, 2.24) is 14.7 Å². The van der Waals surface area contributed by atoms with Gasteiger partial charge in [0, 0.05) is 16.3 Å². The second kappa shape index (κ2) is 8.02. The summed E-state index contributed by atoms with van der Waals surface area (Å²) in [7, 11) is 0. The summed E-state index contributed by atoms with van der Waals surface area (Å²) in [6, 6.07) is 8.89. The van der Waals surface area contributed by atoms with Crippen LogP contribution in [0.1, 0.15) is 17.0 Å². The quantitative estimate of drug-likeness (QED) is 0.750. The van der Waals surface area contributed by atoms with Gasteiger partial charge in [0.1, 0.15) is 13.1 Å². The van der Waals surface area contributed by atoms with E-state index in [9.17, 15) is 4.79 Å². The van der Waals surface area contributed by atoms with Gasteiger partial charge in [-0.2, -0.15) is 15.6 Å². The van der Waals surface area contributed by atoms with Gasteiger partial charge in [0.25, 0.3) is 0 Å². The number of carbonyl (C=O) groups is 1. The van der Waals surface area contributed by atoms with E-state index in [-0.39, 0.29) is 25.4 Å². The lowest BCUT2D eigenvalue weighted by Crippen LogP contribution is -2.33. The van der Waals surface area contributed by atoms with Crippen molar-refractivity contribution in [1.29, 1.82) is 10.5 Å². The molecule has 0 bridgehead atoms. The van der Waals surface area contributed by atoms with Crippen molar-refractivity contribution in [3.05, 3.63) is 45.2 Å². The molecule has 0 saturated carbocycles. The van der Waals surface area contributed by atoms with E-state index in [0.29, 0.717) is 21.4 Å². The molecule has 0 radical (unpaired) electrons. The maximum Gasteiger partial charge on any atom is 0.228 e. The van der Waals surface area contributed by atoms with Crippen LogP contribution >= 0.6 is 23.2 Å². The van der Waals surface area contributed by atoms with Crippen molar-refractivity contribution in [2.75, 3.05) is 13.1 Å². The molecule has 0 unspecified atom stereocenters. The Kier molecular flexibility index (Phi) is 6.03. The number of carbonyl (C=O) groups excluding carboxylic acids is 1. The molecule has 0 atom stereocenters. The molecule has 1 amide bonds. The Labute approximate surface area is 155 Å². The van der Waals surface area contributed by atoms with Gasteiger partial charge < -0.3 is 4.90 Å². The van der Waals surface area contributed by atoms with Crippen LogP contribution < -0.4 is 0 Å². The molecule has 0 aliphatic carbocycles. The van der Waals surface area contributed by atoms with Crippen LogP contribution in [-0.2, 0) is 11.2 Å². The highest BCUT2D eigenvalue weighted by Gasteiger charge is 2.20. The monoisotopic (exact) mass is 375 g/mol. The number of aromatic nitrogens is 2. The molecule has 0 aliphatic heterocycles. The molecule has 0 spiro atoms. The third-order valence-electron chi connectivity index (χ3n) is 3.78. The number of rotatable bonds is 5. The van der Waals surface area contributed by atoms with Crippen LogP contribution in [0.4, 0.5) is 0 Å². The molecule has 128 valence electrons. The third kappa shape index (κ3) is 4.11. The van der Waals surface area contributed by atoms with Crippen LogP contribution in [0, 0.1) is 36.5 Å². The fraction of sp³-hybridized carbons (Fsp3) is 0.294. The van der Waals surface area contributed by atoms with Gasteiger partial charge in [-0.05, 0) is 32.0 Å². The molecular formula is C17H15Cl2N5O. The lowest BCUT2D eigenvalue weighted by atomic mass is 10.1. The summed E-state index contributed by atoms with van der Waals surface area (Å²) in [5.41, 5.74) is 2.86. The summed E-state index contributed by atoms with van der Waals surface area (Å²) >= 11 is 12.2. The molecule has 0 aliphatic rings. The summed E-state index contributed by atoms with van der Waals surface area (Å²) in [6.45, 7) is 3.39. The zero-order valence-electron chi connectivity index (χ0n) is 13.8. The molecule has 2 aromatic rings. The lowest BCUT2D eigenvalue weighted by molar-refractivity contribution is -0.129. The first kappa shape index (κ1) is 18.8. The van der Waals surface area contributed by atoms with E-state index < -0.39 is 0 Å². The summed E-state index contributed by atoms with van der Waals surface area (Å²) in [5, 5.41) is 23.0. The first-order valence-corrected chi connectivity index (χ1v) is 8.16. The summed E-state index contributed by atoms with van der Waals surface area (Å²) in [5.74, 6) is -0.295. The Morgan fingerprint density at radius 1 is 1.24 bits per heavy atom. The average Bonchev–Trinajstić information content (AvgIpc) is 2.82. The van der Waals surface area contributed by atoms with Gasteiger partial charge in [0.2, 0.25) is 5.91 Å². The first-order valence-electron chi connectivity index (χ1n) is 7.41. The van der Waals surface area contributed by atoms with Crippen LogP contribution in [0.2, 0.25) is 10.0 Å². The minimum atomic E-state index is -0.295. The van der Waals surface area contributed by atoms with Gasteiger partial charge in [0.15, 0.2) is 0 Å². The highest BCUT2D eigenvalue weighted by molar-refractivity contribution is 6.35. The zero-order valence-corrected chi connectivity index (χ0v) is 15.3. The second-order valence-electron chi connectivity index (χ2n) is 5.40. The van der Waals surface area contributed by atoms with E-state index in [2.05, 4.69) is 5.10 Å². The van der Waals surface area contributed by atoms with Crippen molar-refractivity contribution in [2.24, 2.45) is 0 Å². The predicted molar refractivity (Wildman–Crippen MR) is 94.6 cm³/mol. The lowest BCUT2D eigenvalue weighted by Gasteiger charge is -2.15. The second-order valence-corrected chi connectivity index (χ2v) is 6.24. The van der Waals surface area contributed by atoms with Crippen LogP contribution in [-0.4, -0.2) is 33.7 Å². The maximum absolute atomic E-state index is 12.4. The molecule has 0 saturated heterocycles. The molecule has 0 N–H and O–H groups in total. The van der Waals surface area contributed by atoms with Gasteiger partial charge in [-0.15, -0.1) is 0 Å². The highest BCUT2D eigenvalue weighted by Crippen LogP contribution is 2.27. The molecule has 25 heavy (non-hydrogen) atoms. The number of amides is 1. The molecule has 0 fully saturated rings. The summed E-state index contributed by atoms with van der Waals surface area (Å²) in [6.07, 6.45) is 0.0617. The van der Waals surface area contributed by atoms with Crippen molar-refractivity contribution < 1.29 is 4.79 Å². The first-order chi connectivity index (χ1) is 11.9. The normalized spacial score (nSPS) is 10.2. The fourth-order valence-electron chi connectivity index (χ4n) is 2.48. The van der Waals surface area contributed by atoms with E-state index >= 15 is 0 Å². The van der Waals surface area contributed by atoms with Crippen LogP contribution in [0.5, 0.6) is 0 Å². The molecule has 1 aromatic carbocycles. The van der Waals surface area contributed by atoms with E-state index in [1.54, 1.807) is 29.8 Å². The van der Waals surface area contributed by atoms with Gasteiger partial charge >= 0.3 is 0 Å². The molecule has 1 heterocycles. The maximum atomic E-state index is 12.4. The Hall–Kier alpha value is -2.54. The average molecular weight is 376 g/mol. The zero-order chi connectivity index (χ0) is 18.6.